The molecule has 0 radical (unpaired) electrons. The number of rotatable bonds is 6. The molecule has 0 amide bonds. The van der Waals surface area contributed by atoms with Crippen molar-refractivity contribution in [3.63, 3.8) is 0 Å². The molecular formula is C20H19BrFN7O2S. The van der Waals surface area contributed by atoms with Crippen LogP contribution in [0.2, 0.25) is 0 Å². The lowest BCUT2D eigenvalue weighted by Gasteiger charge is -2.34. The summed E-state index contributed by atoms with van der Waals surface area (Å²) >= 11 is 4.95. The normalized spacial score (nSPS) is 21.6. The molecule has 12 heteroatoms. The van der Waals surface area contributed by atoms with Crippen LogP contribution >= 0.6 is 27.3 Å². The van der Waals surface area contributed by atoms with Crippen molar-refractivity contribution < 1.29 is 14.2 Å². The molecular weight excluding hydrogens is 501 g/mol. The zero-order valence-electron chi connectivity index (χ0n) is 16.9. The fourth-order valence-corrected chi connectivity index (χ4v) is 5.37. The number of aromatic nitrogens is 5. The fraction of sp³-hybridized carbons (Fsp3) is 0.350. The highest BCUT2D eigenvalue weighted by Gasteiger charge is 2.43. The number of H-pyrrole nitrogens is 1. The van der Waals surface area contributed by atoms with Crippen LogP contribution in [0, 0.1) is 5.82 Å². The summed E-state index contributed by atoms with van der Waals surface area (Å²) < 4.78 is 20.0. The van der Waals surface area contributed by atoms with E-state index in [-0.39, 0.29) is 11.7 Å². The molecule has 32 heavy (non-hydrogen) atoms. The number of hydrogen-bond donors (Lipinski definition) is 2. The Morgan fingerprint density at radius 3 is 3.00 bits per heavy atom. The van der Waals surface area contributed by atoms with E-state index in [9.17, 15) is 9.50 Å². The smallest absolute Gasteiger partial charge is 0.181 e. The van der Waals surface area contributed by atoms with Crippen LogP contribution in [0.25, 0.3) is 0 Å². The van der Waals surface area contributed by atoms with Gasteiger partial charge in [0.1, 0.15) is 11.9 Å². The largest absolute Gasteiger partial charge is 0.364 e. The van der Waals surface area contributed by atoms with Crippen LogP contribution in [-0.4, -0.2) is 60.9 Å². The van der Waals surface area contributed by atoms with Crippen LogP contribution in [0.3, 0.4) is 0 Å². The van der Waals surface area contributed by atoms with Crippen LogP contribution in [0.4, 0.5) is 4.39 Å². The highest BCUT2D eigenvalue weighted by Crippen LogP contribution is 2.46. The van der Waals surface area contributed by atoms with Gasteiger partial charge in [0.2, 0.25) is 0 Å². The Balaban J connectivity index is 1.68. The number of nitrogens with one attached hydrogen (secondary N) is 1. The molecule has 2 aliphatic rings. The summed E-state index contributed by atoms with van der Waals surface area (Å²) in [6.07, 6.45) is 1.14. The standard InChI is InChI=1S/C20H19BrFN7O2S/c1-2-31-20(30)15-14-7-10(17-25-27-28-26-17)9-29(14)18(19-23-5-6-32-19)24-16(15)12-4-3-11(22)8-13(12)21/h3-6,8,10,16,20,30H,2,7,9H2,1H3,(H,25,26,27,28)/t10-,16+,20?/m1/s1. The van der Waals surface area contributed by atoms with E-state index in [1.54, 1.807) is 12.3 Å². The Labute approximate surface area is 195 Å². The second-order valence-corrected chi connectivity index (χ2v) is 9.12. The van der Waals surface area contributed by atoms with Crippen LogP contribution < -0.4 is 0 Å². The fourth-order valence-electron chi connectivity index (χ4n) is 4.16. The quantitative estimate of drug-likeness (QED) is 0.481. The molecule has 0 aliphatic carbocycles. The minimum absolute atomic E-state index is 0.0237. The van der Waals surface area contributed by atoms with Gasteiger partial charge in [0, 0.05) is 46.4 Å². The maximum Gasteiger partial charge on any atom is 0.181 e. The Morgan fingerprint density at radius 2 is 2.31 bits per heavy atom. The average molecular weight is 520 g/mol. The van der Waals surface area contributed by atoms with E-state index in [0.717, 1.165) is 16.3 Å². The van der Waals surface area contributed by atoms with Crippen molar-refractivity contribution in [1.29, 1.82) is 0 Å². The number of allylic oxidation sites excluding steroid dienone is 1. The number of thiazole rings is 1. The van der Waals surface area contributed by atoms with E-state index in [1.807, 2.05) is 12.3 Å². The Kier molecular flexibility index (Phi) is 5.84. The number of amidine groups is 1. The number of aliphatic hydroxyl groups is 1. The number of aromatic amines is 1. The molecule has 1 aromatic carbocycles. The molecule has 2 aliphatic heterocycles. The third kappa shape index (κ3) is 3.76. The molecule has 9 nitrogen and oxygen atoms in total. The highest BCUT2D eigenvalue weighted by atomic mass is 79.9. The molecule has 0 bridgehead atoms. The third-order valence-electron chi connectivity index (χ3n) is 5.52. The van der Waals surface area contributed by atoms with Gasteiger partial charge in [-0.3, -0.25) is 4.99 Å². The summed E-state index contributed by atoms with van der Waals surface area (Å²) in [5.74, 6) is 0.971. The molecule has 0 saturated carbocycles. The molecule has 1 saturated heterocycles. The van der Waals surface area contributed by atoms with Crippen molar-refractivity contribution in [2.45, 2.75) is 31.6 Å². The summed E-state index contributed by atoms with van der Waals surface area (Å²) in [5.41, 5.74) is 2.23. The number of halogens is 2. The number of tetrazole rings is 1. The number of benzene rings is 1. The van der Waals surface area contributed by atoms with E-state index >= 15 is 0 Å². The van der Waals surface area contributed by atoms with Crippen molar-refractivity contribution in [2.24, 2.45) is 4.99 Å². The van der Waals surface area contributed by atoms with Gasteiger partial charge in [-0.15, -0.1) is 16.4 Å². The predicted octanol–water partition coefficient (Wildman–Crippen LogP) is 3.16. The zero-order valence-corrected chi connectivity index (χ0v) is 19.3. The van der Waals surface area contributed by atoms with Gasteiger partial charge < -0.3 is 14.7 Å². The lowest BCUT2D eigenvalue weighted by Crippen LogP contribution is -2.36. The maximum absolute atomic E-state index is 13.8. The Bertz CT molecular complexity index is 1170. The second kappa shape index (κ2) is 8.77. The zero-order chi connectivity index (χ0) is 22.2. The number of fused-ring (bicyclic) bond motifs is 1. The lowest BCUT2D eigenvalue weighted by atomic mass is 9.93. The van der Waals surface area contributed by atoms with Crippen molar-refractivity contribution in [2.75, 3.05) is 13.2 Å². The molecule has 4 heterocycles. The summed E-state index contributed by atoms with van der Waals surface area (Å²) in [6, 6.07) is 3.88. The molecule has 0 spiro atoms. The highest BCUT2D eigenvalue weighted by molar-refractivity contribution is 9.10. The topological polar surface area (TPSA) is 112 Å². The van der Waals surface area contributed by atoms with Gasteiger partial charge >= 0.3 is 0 Å². The van der Waals surface area contributed by atoms with Gasteiger partial charge in [0.15, 0.2) is 23.0 Å². The molecule has 5 rings (SSSR count). The molecule has 2 aromatic heterocycles. The molecule has 3 aromatic rings. The third-order valence-corrected chi connectivity index (χ3v) is 6.98. The molecule has 3 atom stereocenters. The van der Waals surface area contributed by atoms with Gasteiger partial charge in [-0.2, -0.15) is 0 Å². The summed E-state index contributed by atoms with van der Waals surface area (Å²) in [4.78, 5) is 11.5. The Hall–Kier alpha value is -2.54. The molecule has 1 fully saturated rings. The first-order valence-corrected chi connectivity index (χ1v) is 11.7. The van der Waals surface area contributed by atoms with E-state index in [1.165, 1.54) is 23.5 Å². The van der Waals surface area contributed by atoms with Gasteiger partial charge in [-0.25, -0.2) is 14.5 Å². The van der Waals surface area contributed by atoms with Gasteiger partial charge in [0.05, 0.1) is 0 Å². The average Bonchev–Trinajstić information content (AvgIpc) is 3.54. The number of aliphatic hydroxyl groups excluding tert-OH is 1. The van der Waals surface area contributed by atoms with Gasteiger partial charge in [0.25, 0.3) is 0 Å². The minimum Gasteiger partial charge on any atom is -0.364 e. The predicted molar refractivity (Wildman–Crippen MR) is 118 cm³/mol. The van der Waals surface area contributed by atoms with E-state index in [2.05, 4.69) is 46.4 Å². The van der Waals surface area contributed by atoms with Gasteiger partial charge in [-0.1, -0.05) is 22.0 Å². The van der Waals surface area contributed by atoms with E-state index in [4.69, 9.17) is 9.73 Å². The first-order valence-electron chi connectivity index (χ1n) is 10.0. The van der Waals surface area contributed by atoms with Crippen LogP contribution in [0.5, 0.6) is 0 Å². The molecule has 2 N–H and O–H groups in total. The number of nitrogens with zero attached hydrogens (tertiary/aromatic N) is 6. The lowest BCUT2D eigenvalue weighted by molar-refractivity contribution is -0.0719. The van der Waals surface area contributed by atoms with Crippen LogP contribution in [0.15, 0.2) is 50.5 Å². The van der Waals surface area contributed by atoms with Crippen molar-refractivity contribution in [3.8, 4) is 0 Å². The first-order chi connectivity index (χ1) is 15.6. The van der Waals surface area contributed by atoms with E-state index in [0.29, 0.717) is 41.3 Å². The first kappa shape index (κ1) is 21.3. The summed E-state index contributed by atoms with van der Waals surface area (Å²) in [7, 11) is 0. The maximum atomic E-state index is 13.8. The van der Waals surface area contributed by atoms with Crippen molar-refractivity contribution in [1.82, 2.24) is 30.5 Å². The number of ether oxygens (including phenoxy) is 1. The minimum atomic E-state index is -1.17. The SMILES string of the molecule is CCOC(O)C1=C2C[C@@H](c3nnn[nH]3)CN2C(c2nccs2)=N[C@H]1c1ccc(F)cc1Br. The van der Waals surface area contributed by atoms with E-state index < -0.39 is 12.3 Å². The monoisotopic (exact) mass is 519 g/mol. The second-order valence-electron chi connectivity index (χ2n) is 7.37. The summed E-state index contributed by atoms with van der Waals surface area (Å²) in [5, 5.41) is 28.0. The molecule has 1 unspecified atom stereocenters. The van der Waals surface area contributed by atoms with Gasteiger partial charge in [-0.05, 0) is 41.5 Å². The van der Waals surface area contributed by atoms with Crippen LogP contribution in [0.1, 0.15) is 41.7 Å². The van der Waals surface area contributed by atoms with Crippen molar-refractivity contribution in [3.05, 3.63) is 67.7 Å². The van der Waals surface area contributed by atoms with Crippen molar-refractivity contribution >= 4 is 33.1 Å². The number of hydrogen-bond acceptors (Lipinski definition) is 9. The van der Waals surface area contributed by atoms with Crippen LogP contribution in [-0.2, 0) is 4.74 Å². The molecule has 166 valence electrons. The Morgan fingerprint density at radius 1 is 1.44 bits per heavy atom. The number of aliphatic imine (C=N–C) groups is 1. The summed E-state index contributed by atoms with van der Waals surface area (Å²) in [6.45, 7) is 2.72.